The summed E-state index contributed by atoms with van der Waals surface area (Å²) in [7, 11) is 0. The number of hydrogen-bond donors (Lipinski definition) is 3. The van der Waals surface area contributed by atoms with E-state index in [0.29, 0.717) is 12.1 Å². The first-order chi connectivity index (χ1) is 15.6. The predicted octanol–water partition coefficient (Wildman–Crippen LogP) is 4.42. The molecule has 0 aliphatic heterocycles. The fourth-order valence-electron chi connectivity index (χ4n) is 3.58. The Kier molecular flexibility index (Phi) is 6.41. The van der Waals surface area contributed by atoms with Gasteiger partial charge in [-0.1, -0.05) is 42.5 Å². The molecule has 0 radical (unpaired) electrons. The van der Waals surface area contributed by atoms with E-state index in [1.807, 2.05) is 85.1 Å². The number of hydrogen-bond acceptors (Lipinski definition) is 3. The van der Waals surface area contributed by atoms with E-state index in [4.69, 9.17) is 0 Å². The number of nitrogens with zero attached hydrogens (tertiary/aromatic N) is 1. The van der Waals surface area contributed by atoms with Crippen LogP contribution in [0.2, 0.25) is 0 Å². The van der Waals surface area contributed by atoms with Crippen LogP contribution in [0.3, 0.4) is 0 Å². The Morgan fingerprint density at radius 3 is 2.69 bits per heavy atom. The molecule has 0 saturated carbocycles. The van der Waals surface area contributed by atoms with Crippen LogP contribution in [0.5, 0.6) is 0 Å². The summed E-state index contributed by atoms with van der Waals surface area (Å²) in [5.41, 5.74) is 4.42. The maximum atomic E-state index is 13.0. The Balaban J connectivity index is 1.49. The first kappa shape index (κ1) is 21.1. The molecule has 0 saturated heterocycles. The van der Waals surface area contributed by atoms with Gasteiger partial charge in [-0.25, -0.2) is 0 Å². The molecule has 2 aromatic carbocycles. The van der Waals surface area contributed by atoms with Crippen molar-refractivity contribution < 1.29 is 9.59 Å². The second-order valence-electron chi connectivity index (χ2n) is 7.52. The Hall–Kier alpha value is -4.19. The average Bonchev–Trinajstić information content (AvgIpc) is 3.21. The normalized spacial score (nSPS) is 12.0. The number of benzene rings is 2. The molecule has 4 rings (SSSR count). The lowest BCUT2D eigenvalue weighted by Crippen LogP contribution is -2.44. The number of aromatic nitrogens is 2. The molecule has 160 valence electrons. The van der Waals surface area contributed by atoms with E-state index >= 15 is 0 Å². The smallest absolute Gasteiger partial charge is 0.247 e. The van der Waals surface area contributed by atoms with Gasteiger partial charge in [-0.15, -0.1) is 0 Å². The number of carbonyl (C=O) groups excluding carboxylic acids is 2. The van der Waals surface area contributed by atoms with E-state index in [9.17, 15) is 9.59 Å². The van der Waals surface area contributed by atoms with Gasteiger partial charge < -0.3 is 15.6 Å². The van der Waals surface area contributed by atoms with Crippen molar-refractivity contribution in [3.05, 3.63) is 95.9 Å². The van der Waals surface area contributed by atoms with Gasteiger partial charge in [0.1, 0.15) is 6.04 Å². The maximum absolute atomic E-state index is 13.0. The molecule has 0 fully saturated rings. The minimum Gasteiger partial charge on any atom is -0.361 e. The molecular formula is C26H24N4O2. The molecule has 1 atom stereocenters. The molecule has 0 spiro atoms. The van der Waals surface area contributed by atoms with Crippen molar-refractivity contribution in [3.63, 3.8) is 0 Å². The molecule has 2 heterocycles. The van der Waals surface area contributed by atoms with Crippen molar-refractivity contribution in [2.45, 2.75) is 19.4 Å². The number of carbonyl (C=O) groups is 2. The van der Waals surface area contributed by atoms with Crippen molar-refractivity contribution in [2.24, 2.45) is 0 Å². The number of para-hydroxylation sites is 1. The Labute approximate surface area is 186 Å². The van der Waals surface area contributed by atoms with Crippen molar-refractivity contribution in [3.8, 4) is 0 Å². The van der Waals surface area contributed by atoms with Crippen LogP contribution < -0.4 is 10.6 Å². The minimum atomic E-state index is -0.695. The number of nitrogens with one attached hydrogen (secondary N) is 3. The van der Waals surface area contributed by atoms with Gasteiger partial charge in [0.15, 0.2) is 0 Å². The largest absolute Gasteiger partial charge is 0.361 e. The van der Waals surface area contributed by atoms with Gasteiger partial charge in [0.2, 0.25) is 11.8 Å². The zero-order chi connectivity index (χ0) is 22.3. The van der Waals surface area contributed by atoms with Gasteiger partial charge in [-0.3, -0.25) is 14.6 Å². The van der Waals surface area contributed by atoms with Crippen molar-refractivity contribution >= 4 is 40.6 Å². The first-order valence-corrected chi connectivity index (χ1v) is 10.4. The minimum absolute atomic E-state index is 0.253. The van der Waals surface area contributed by atoms with Gasteiger partial charge in [0.25, 0.3) is 0 Å². The molecule has 6 heteroatoms. The zero-order valence-corrected chi connectivity index (χ0v) is 17.7. The molecular weight excluding hydrogens is 400 g/mol. The van der Waals surface area contributed by atoms with Crippen LogP contribution in [0.15, 0.2) is 79.1 Å². The van der Waals surface area contributed by atoms with E-state index < -0.39 is 6.04 Å². The number of fused-ring (bicyclic) bond motifs is 1. The van der Waals surface area contributed by atoms with Crippen LogP contribution in [0.4, 0.5) is 5.69 Å². The third kappa shape index (κ3) is 5.29. The third-order valence-electron chi connectivity index (χ3n) is 5.08. The number of aromatic amines is 1. The number of H-pyrrole nitrogens is 1. The lowest BCUT2D eigenvalue weighted by Gasteiger charge is -2.17. The average molecular weight is 425 g/mol. The Bertz CT molecular complexity index is 1260. The molecule has 4 aromatic rings. The molecule has 6 nitrogen and oxygen atoms in total. The predicted molar refractivity (Wildman–Crippen MR) is 128 cm³/mol. The second-order valence-corrected chi connectivity index (χ2v) is 7.52. The summed E-state index contributed by atoms with van der Waals surface area (Å²) in [5, 5.41) is 6.75. The highest BCUT2D eigenvalue weighted by molar-refractivity contribution is 5.98. The standard InChI is InChI=1S/C26H24N4O2/c1-18(31)29-25(16-20-17-28-24-11-3-2-10-23(20)24)26(32)30-22-9-6-7-19(15-22)12-13-21-8-4-5-14-27-21/h2-15,17,25,28H,16H2,1H3,(H,29,31)(H,30,32). The van der Waals surface area contributed by atoms with Crippen LogP contribution in [0, 0.1) is 0 Å². The van der Waals surface area contributed by atoms with Gasteiger partial charge in [0, 0.05) is 42.3 Å². The third-order valence-corrected chi connectivity index (χ3v) is 5.08. The highest BCUT2D eigenvalue weighted by atomic mass is 16.2. The van der Waals surface area contributed by atoms with Gasteiger partial charge in [-0.2, -0.15) is 0 Å². The number of rotatable bonds is 7. The Morgan fingerprint density at radius 1 is 1.03 bits per heavy atom. The SMILES string of the molecule is CC(=O)NC(Cc1c[nH]c2ccccc12)C(=O)Nc1cccc(C=Cc2ccccn2)c1. The second kappa shape index (κ2) is 9.75. The molecule has 0 aliphatic carbocycles. The van der Waals surface area contributed by atoms with Crippen molar-refractivity contribution in [2.75, 3.05) is 5.32 Å². The lowest BCUT2D eigenvalue weighted by molar-refractivity contribution is -0.125. The first-order valence-electron chi connectivity index (χ1n) is 10.4. The van der Waals surface area contributed by atoms with Crippen LogP contribution in [-0.2, 0) is 16.0 Å². The monoisotopic (exact) mass is 424 g/mol. The zero-order valence-electron chi connectivity index (χ0n) is 17.7. The fraction of sp³-hybridized carbons (Fsp3) is 0.115. The fourth-order valence-corrected chi connectivity index (χ4v) is 3.58. The van der Waals surface area contributed by atoms with E-state index in [1.165, 1.54) is 6.92 Å². The summed E-state index contributed by atoms with van der Waals surface area (Å²) in [6, 6.07) is 20.5. The van der Waals surface area contributed by atoms with Crippen LogP contribution in [0.1, 0.15) is 23.7 Å². The lowest BCUT2D eigenvalue weighted by atomic mass is 10.0. The highest BCUT2D eigenvalue weighted by Crippen LogP contribution is 2.20. The topological polar surface area (TPSA) is 86.9 Å². The maximum Gasteiger partial charge on any atom is 0.247 e. The number of pyridine rings is 1. The van der Waals surface area contributed by atoms with Gasteiger partial charge in [-0.05, 0) is 47.5 Å². The van der Waals surface area contributed by atoms with Gasteiger partial charge >= 0.3 is 0 Å². The summed E-state index contributed by atoms with van der Waals surface area (Å²) in [4.78, 5) is 32.3. The summed E-state index contributed by atoms with van der Waals surface area (Å²) in [5.74, 6) is -0.520. The van der Waals surface area contributed by atoms with E-state index in [0.717, 1.165) is 27.7 Å². The van der Waals surface area contributed by atoms with Gasteiger partial charge in [0.05, 0.1) is 5.69 Å². The summed E-state index contributed by atoms with van der Waals surface area (Å²) < 4.78 is 0. The molecule has 2 amide bonds. The van der Waals surface area contributed by atoms with Crippen LogP contribution >= 0.6 is 0 Å². The quantitative estimate of drug-likeness (QED) is 0.410. The molecule has 1 unspecified atom stereocenters. The van der Waals surface area contributed by atoms with Crippen LogP contribution in [0.25, 0.3) is 23.1 Å². The molecule has 3 N–H and O–H groups in total. The van der Waals surface area contributed by atoms with Crippen molar-refractivity contribution in [1.82, 2.24) is 15.3 Å². The number of amides is 2. The van der Waals surface area contributed by atoms with Crippen LogP contribution in [-0.4, -0.2) is 27.8 Å². The van der Waals surface area contributed by atoms with E-state index in [1.54, 1.807) is 6.20 Å². The van der Waals surface area contributed by atoms with E-state index in [2.05, 4.69) is 20.6 Å². The highest BCUT2D eigenvalue weighted by Gasteiger charge is 2.21. The summed E-state index contributed by atoms with van der Waals surface area (Å²) in [6.45, 7) is 1.42. The Morgan fingerprint density at radius 2 is 1.88 bits per heavy atom. The number of anilines is 1. The molecule has 0 aliphatic rings. The molecule has 32 heavy (non-hydrogen) atoms. The summed E-state index contributed by atoms with van der Waals surface area (Å²) >= 11 is 0. The van der Waals surface area contributed by atoms with E-state index in [-0.39, 0.29) is 11.8 Å². The van der Waals surface area contributed by atoms with Crippen molar-refractivity contribution in [1.29, 1.82) is 0 Å². The summed E-state index contributed by atoms with van der Waals surface area (Å²) in [6.07, 6.45) is 7.87. The molecule has 2 aromatic heterocycles. The molecule has 0 bridgehead atoms.